The molecular weight excluding hydrogens is 217 g/mol. The number of halogens is 1. The predicted octanol–water partition coefficient (Wildman–Crippen LogP) is 2.29. The number of nitrogens with one attached hydrogen (secondary N) is 2. The van der Waals surface area contributed by atoms with E-state index in [2.05, 4.69) is 22.5 Å². The van der Waals surface area contributed by atoms with Gasteiger partial charge in [-0.15, -0.1) is 0 Å². The summed E-state index contributed by atoms with van der Waals surface area (Å²) in [6, 6.07) is 6.71. The second-order valence-electron chi connectivity index (χ2n) is 3.71. The van der Waals surface area contributed by atoms with E-state index in [0.717, 1.165) is 25.5 Å². The fourth-order valence-corrected chi connectivity index (χ4v) is 1.38. The Morgan fingerprint density at radius 1 is 1.24 bits per heavy atom. The van der Waals surface area contributed by atoms with Crippen LogP contribution in [-0.4, -0.2) is 19.0 Å². The highest BCUT2D eigenvalue weighted by atomic mass is 19.1. The third kappa shape index (κ3) is 4.85. The fraction of sp³-hybridized carbons (Fsp3) is 0.462. The van der Waals surface area contributed by atoms with Crippen molar-refractivity contribution in [1.82, 2.24) is 10.6 Å². The Kier molecular flexibility index (Phi) is 6.07. The molecule has 0 heterocycles. The number of rotatable bonds is 5. The Bertz CT molecular complexity index is 363. The van der Waals surface area contributed by atoms with E-state index in [-0.39, 0.29) is 5.82 Å². The normalized spacial score (nSPS) is 11.4. The molecule has 0 saturated heterocycles. The van der Waals surface area contributed by atoms with Gasteiger partial charge < -0.3 is 10.6 Å². The van der Waals surface area contributed by atoms with Gasteiger partial charge >= 0.3 is 0 Å². The van der Waals surface area contributed by atoms with Crippen LogP contribution in [0.5, 0.6) is 0 Å². The number of aliphatic imine (C=N–C) groups is 1. The first-order valence-electron chi connectivity index (χ1n) is 6.03. The van der Waals surface area contributed by atoms with E-state index in [1.54, 1.807) is 12.1 Å². The summed E-state index contributed by atoms with van der Waals surface area (Å²) in [6.45, 7) is 6.11. The van der Waals surface area contributed by atoms with Crippen LogP contribution in [0.4, 0.5) is 4.39 Å². The zero-order valence-electron chi connectivity index (χ0n) is 10.5. The lowest BCUT2D eigenvalue weighted by atomic mass is 10.2. The molecule has 1 aromatic rings. The summed E-state index contributed by atoms with van der Waals surface area (Å²) in [7, 11) is 0. The van der Waals surface area contributed by atoms with Gasteiger partial charge in [0, 0.05) is 18.7 Å². The summed E-state index contributed by atoms with van der Waals surface area (Å²) >= 11 is 0. The van der Waals surface area contributed by atoms with Gasteiger partial charge in [0.05, 0.1) is 6.54 Å². The molecular formula is C13H20FN3. The number of guanidine groups is 1. The van der Waals surface area contributed by atoms with E-state index in [4.69, 9.17) is 0 Å². The fourth-order valence-electron chi connectivity index (χ4n) is 1.38. The molecule has 3 nitrogen and oxygen atoms in total. The van der Waals surface area contributed by atoms with Crippen molar-refractivity contribution < 1.29 is 4.39 Å². The number of hydrogen-bond donors (Lipinski definition) is 2. The van der Waals surface area contributed by atoms with Gasteiger partial charge in [-0.05, 0) is 19.4 Å². The third-order valence-electron chi connectivity index (χ3n) is 2.25. The largest absolute Gasteiger partial charge is 0.357 e. The molecule has 0 aliphatic rings. The molecule has 0 bridgehead atoms. The quantitative estimate of drug-likeness (QED) is 0.609. The van der Waals surface area contributed by atoms with E-state index >= 15 is 0 Å². The highest BCUT2D eigenvalue weighted by Crippen LogP contribution is 2.07. The monoisotopic (exact) mass is 237 g/mol. The molecule has 17 heavy (non-hydrogen) atoms. The highest BCUT2D eigenvalue weighted by Gasteiger charge is 2.00. The maximum atomic E-state index is 13.4. The van der Waals surface area contributed by atoms with E-state index in [1.807, 2.05) is 13.0 Å². The van der Waals surface area contributed by atoms with Crippen LogP contribution in [0.25, 0.3) is 0 Å². The van der Waals surface area contributed by atoms with Crippen LogP contribution in [-0.2, 0) is 6.54 Å². The summed E-state index contributed by atoms with van der Waals surface area (Å²) in [4.78, 5) is 4.34. The first-order valence-corrected chi connectivity index (χ1v) is 6.03. The second kappa shape index (κ2) is 7.65. The Balaban J connectivity index is 2.61. The number of benzene rings is 1. The maximum Gasteiger partial charge on any atom is 0.191 e. The molecule has 0 aromatic heterocycles. The smallest absolute Gasteiger partial charge is 0.191 e. The van der Waals surface area contributed by atoms with Crippen LogP contribution in [0.2, 0.25) is 0 Å². The van der Waals surface area contributed by atoms with Gasteiger partial charge in [-0.25, -0.2) is 9.38 Å². The number of nitrogens with zero attached hydrogens (tertiary/aromatic N) is 1. The molecule has 1 rings (SSSR count). The summed E-state index contributed by atoms with van der Waals surface area (Å²) in [5.74, 6) is 0.528. The van der Waals surface area contributed by atoms with Crippen LogP contribution >= 0.6 is 0 Å². The molecule has 0 aliphatic heterocycles. The first-order chi connectivity index (χ1) is 8.27. The van der Waals surface area contributed by atoms with Crippen molar-refractivity contribution in [3.8, 4) is 0 Å². The van der Waals surface area contributed by atoms with Crippen LogP contribution in [0.1, 0.15) is 25.8 Å². The number of hydrogen-bond acceptors (Lipinski definition) is 1. The minimum absolute atomic E-state index is 0.206. The molecule has 0 saturated carbocycles. The van der Waals surface area contributed by atoms with Gasteiger partial charge in [0.2, 0.25) is 0 Å². The SMILES string of the molecule is CCCNC(=NCc1ccccc1F)NCC. The van der Waals surface area contributed by atoms with E-state index < -0.39 is 0 Å². The molecule has 1 aromatic carbocycles. The van der Waals surface area contributed by atoms with Crippen molar-refractivity contribution >= 4 is 5.96 Å². The molecule has 94 valence electrons. The average Bonchev–Trinajstić information content (AvgIpc) is 2.34. The lowest BCUT2D eigenvalue weighted by molar-refractivity contribution is 0.610. The van der Waals surface area contributed by atoms with E-state index in [0.29, 0.717) is 12.1 Å². The molecule has 0 radical (unpaired) electrons. The van der Waals surface area contributed by atoms with Crippen molar-refractivity contribution in [2.75, 3.05) is 13.1 Å². The Morgan fingerprint density at radius 2 is 2.00 bits per heavy atom. The molecule has 0 spiro atoms. The second-order valence-corrected chi connectivity index (χ2v) is 3.71. The highest BCUT2D eigenvalue weighted by molar-refractivity contribution is 5.79. The molecule has 4 heteroatoms. The maximum absolute atomic E-state index is 13.4. The van der Waals surface area contributed by atoms with Crippen LogP contribution in [0, 0.1) is 5.82 Å². The molecule has 0 aliphatic carbocycles. The van der Waals surface area contributed by atoms with Crippen molar-refractivity contribution in [2.45, 2.75) is 26.8 Å². The van der Waals surface area contributed by atoms with Crippen LogP contribution < -0.4 is 10.6 Å². The van der Waals surface area contributed by atoms with E-state index in [9.17, 15) is 4.39 Å². The lowest BCUT2D eigenvalue weighted by Crippen LogP contribution is -2.37. The van der Waals surface area contributed by atoms with Gasteiger partial charge in [0.25, 0.3) is 0 Å². The molecule has 0 unspecified atom stereocenters. The zero-order valence-corrected chi connectivity index (χ0v) is 10.5. The predicted molar refractivity (Wildman–Crippen MR) is 69.5 cm³/mol. The first kappa shape index (κ1) is 13.5. The standard InChI is InChI=1S/C13H20FN3/c1-3-9-16-13(15-4-2)17-10-11-7-5-6-8-12(11)14/h5-8H,3-4,9-10H2,1-2H3,(H2,15,16,17). The van der Waals surface area contributed by atoms with Crippen LogP contribution in [0.3, 0.4) is 0 Å². The topological polar surface area (TPSA) is 36.4 Å². The summed E-state index contributed by atoms with van der Waals surface area (Å²) in [5, 5.41) is 6.30. The zero-order chi connectivity index (χ0) is 12.5. The molecule has 0 amide bonds. The van der Waals surface area contributed by atoms with Gasteiger partial charge in [0.1, 0.15) is 5.82 Å². The summed E-state index contributed by atoms with van der Waals surface area (Å²) in [5.41, 5.74) is 0.612. The Morgan fingerprint density at radius 3 is 2.65 bits per heavy atom. The van der Waals surface area contributed by atoms with Crippen molar-refractivity contribution in [1.29, 1.82) is 0 Å². The van der Waals surface area contributed by atoms with Crippen molar-refractivity contribution in [2.24, 2.45) is 4.99 Å². The minimum Gasteiger partial charge on any atom is -0.357 e. The molecule has 0 fully saturated rings. The van der Waals surface area contributed by atoms with Gasteiger partial charge in [-0.3, -0.25) is 0 Å². The third-order valence-corrected chi connectivity index (χ3v) is 2.25. The van der Waals surface area contributed by atoms with Gasteiger partial charge in [-0.1, -0.05) is 25.1 Å². The van der Waals surface area contributed by atoms with Crippen molar-refractivity contribution in [3.63, 3.8) is 0 Å². The van der Waals surface area contributed by atoms with Crippen molar-refractivity contribution in [3.05, 3.63) is 35.6 Å². The van der Waals surface area contributed by atoms with E-state index in [1.165, 1.54) is 6.07 Å². The van der Waals surface area contributed by atoms with Gasteiger partial charge in [-0.2, -0.15) is 0 Å². The average molecular weight is 237 g/mol. The molecule has 0 atom stereocenters. The van der Waals surface area contributed by atoms with Gasteiger partial charge in [0.15, 0.2) is 5.96 Å². The Hall–Kier alpha value is -1.58. The van der Waals surface area contributed by atoms with Crippen LogP contribution in [0.15, 0.2) is 29.3 Å². The summed E-state index contributed by atoms with van der Waals surface area (Å²) < 4.78 is 13.4. The summed E-state index contributed by atoms with van der Waals surface area (Å²) in [6.07, 6.45) is 1.03. The molecule has 2 N–H and O–H groups in total. The minimum atomic E-state index is -0.206. The Labute approximate surface area is 102 Å². The lowest BCUT2D eigenvalue weighted by Gasteiger charge is -2.10.